The van der Waals surface area contributed by atoms with E-state index in [2.05, 4.69) is 29.4 Å². The van der Waals surface area contributed by atoms with Gasteiger partial charge in [-0.05, 0) is 44.9 Å². The third-order valence-electron chi connectivity index (χ3n) is 5.88. The SMILES string of the molecule is CCCC(CCO)CN=C(NCC)NC1CCN(C(=O)C2CCCCC2)C1. The molecule has 0 aromatic carbocycles. The lowest BCUT2D eigenvalue weighted by atomic mass is 9.88. The molecule has 0 aromatic heterocycles. The van der Waals surface area contributed by atoms with Gasteiger partial charge in [-0.2, -0.15) is 0 Å². The molecule has 156 valence electrons. The molecular weight excluding hydrogens is 340 g/mol. The highest BCUT2D eigenvalue weighted by atomic mass is 16.3. The molecule has 1 saturated carbocycles. The number of carbonyl (C=O) groups is 1. The number of hydrogen-bond donors (Lipinski definition) is 3. The molecule has 6 nitrogen and oxygen atoms in total. The molecule has 1 heterocycles. The summed E-state index contributed by atoms with van der Waals surface area (Å²) in [6.07, 6.45) is 9.84. The lowest BCUT2D eigenvalue weighted by Gasteiger charge is -2.26. The average molecular weight is 381 g/mol. The molecular formula is C21H40N4O2. The number of rotatable bonds is 9. The van der Waals surface area contributed by atoms with Crippen LogP contribution in [0.3, 0.4) is 0 Å². The first kappa shape index (κ1) is 22.0. The third kappa shape index (κ3) is 7.32. The van der Waals surface area contributed by atoms with Gasteiger partial charge < -0.3 is 20.6 Å². The van der Waals surface area contributed by atoms with Crippen molar-refractivity contribution in [3.8, 4) is 0 Å². The number of nitrogens with zero attached hydrogens (tertiary/aromatic N) is 2. The second kappa shape index (κ2) is 12.2. The van der Waals surface area contributed by atoms with Crippen molar-refractivity contribution in [1.82, 2.24) is 15.5 Å². The summed E-state index contributed by atoms with van der Waals surface area (Å²) in [7, 11) is 0. The molecule has 6 heteroatoms. The van der Waals surface area contributed by atoms with Gasteiger partial charge in [0.25, 0.3) is 0 Å². The minimum Gasteiger partial charge on any atom is -0.396 e. The van der Waals surface area contributed by atoms with Crippen LogP contribution in [-0.2, 0) is 4.79 Å². The molecule has 0 bridgehead atoms. The maximum atomic E-state index is 12.7. The second-order valence-electron chi connectivity index (χ2n) is 8.14. The number of hydrogen-bond acceptors (Lipinski definition) is 3. The zero-order valence-corrected chi connectivity index (χ0v) is 17.4. The largest absolute Gasteiger partial charge is 0.396 e. The quantitative estimate of drug-likeness (QED) is 0.424. The van der Waals surface area contributed by atoms with Crippen LogP contribution in [0.5, 0.6) is 0 Å². The zero-order chi connectivity index (χ0) is 19.5. The number of nitrogens with one attached hydrogen (secondary N) is 2. The topological polar surface area (TPSA) is 77.0 Å². The fourth-order valence-electron chi connectivity index (χ4n) is 4.34. The van der Waals surface area contributed by atoms with Gasteiger partial charge >= 0.3 is 0 Å². The van der Waals surface area contributed by atoms with E-state index >= 15 is 0 Å². The molecule has 2 fully saturated rings. The lowest BCUT2D eigenvalue weighted by Crippen LogP contribution is -2.45. The summed E-state index contributed by atoms with van der Waals surface area (Å²) in [5.74, 6) is 1.90. The van der Waals surface area contributed by atoms with Crippen LogP contribution in [0.25, 0.3) is 0 Å². The van der Waals surface area contributed by atoms with Crippen LogP contribution in [-0.4, -0.2) is 60.7 Å². The van der Waals surface area contributed by atoms with Crippen LogP contribution in [0, 0.1) is 11.8 Å². The zero-order valence-electron chi connectivity index (χ0n) is 17.4. The van der Waals surface area contributed by atoms with Gasteiger partial charge in [0, 0.05) is 44.7 Å². The Labute approximate surface area is 165 Å². The average Bonchev–Trinajstić information content (AvgIpc) is 3.15. The van der Waals surface area contributed by atoms with Crippen molar-refractivity contribution in [3.05, 3.63) is 0 Å². The standard InChI is InChI=1S/C21H40N4O2/c1-3-8-17(12-14-26)15-23-21(22-4-2)24-19-11-13-25(16-19)20(27)18-9-6-5-7-10-18/h17-19,26H,3-16H2,1-2H3,(H2,22,23,24). The number of aliphatic imine (C=N–C) groups is 1. The second-order valence-corrected chi connectivity index (χ2v) is 8.14. The Morgan fingerprint density at radius 1 is 1.19 bits per heavy atom. The summed E-state index contributed by atoms with van der Waals surface area (Å²) >= 11 is 0. The Hall–Kier alpha value is -1.30. The van der Waals surface area contributed by atoms with Gasteiger partial charge in [-0.25, -0.2) is 0 Å². The van der Waals surface area contributed by atoms with Crippen molar-refractivity contribution in [1.29, 1.82) is 0 Å². The van der Waals surface area contributed by atoms with E-state index < -0.39 is 0 Å². The van der Waals surface area contributed by atoms with Crippen molar-refractivity contribution in [3.63, 3.8) is 0 Å². The first-order chi connectivity index (χ1) is 13.2. The van der Waals surface area contributed by atoms with Crippen molar-refractivity contribution in [2.75, 3.05) is 32.8 Å². The van der Waals surface area contributed by atoms with Gasteiger partial charge in [0.2, 0.25) is 5.91 Å². The highest BCUT2D eigenvalue weighted by Gasteiger charge is 2.31. The molecule has 3 N–H and O–H groups in total. The van der Waals surface area contributed by atoms with Gasteiger partial charge in [0.05, 0.1) is 0 Å². The molecule has 1 amide bonds. The maximum absolute atomic E-state index is 12.7. The predicted molar refractivity (Wildman–Crippen MR) is 111 cm³/mol. The molecule has 2 atom stereocenters. The van der Waals surface area contributed by atoms with E-state index in [4.69, 9.17) is 4.99 Å². The molecule has 2 aliphatic rings. The smallest absolute Gasteiger partial charge is 0.225 e. The van der Waals surface area contributed by atoms with Crippen molar-refractivity contribution in [2.24, 2.45) is 16.8 Å². The van der Waals surface area contributed by atoms with Crippen LogP contribution in [0.2, 0.25) is 0 Å². The van der Waals surface area contributed by atoms with Gasteiger partial charge in [0.15, 0.2) is 5.96 Å². The van der Waals surface area contributed by atoms with E-state index in [1.54, 1.807) is 0 Å². The number of guanidine groups is 1. The number of carbonyl (C=O) groups excluding carboxylic acids is 1. The fourth-order valence-corrected chi connectivity index (χ4v) is 4.34. The first-order valence-corrected chi connectivity index (χ1v) is 11.1. The van der Waals surface area contributed by atoms with Crippen LogP contribution >= 0.6 is 0 Å². The Morgan fingerprint density at radius 3 is 2.63 bits per heavy atom. The van der Waals surface area contributed by atoms with E-state index in [1.807, 2.05) is 0 Å². The first-order valence-electron chi connectivity index (χ1n) is 11.1. The highest BCUT2D eigenvalue weighted by molar-refractivity contribution is 5.81. The Kier molecular flexibility index (Phi) is 9.95. The normalized spacial score (nSPS) is 22.7. The monoisotopic (exact) mass is 380 g/mol. The Balaban J connectivity index is 1.84. The summed E-state index contributed by atoms with van der Waals surface area (Å²) in [4.78, 5) is 19.6. The maximum Gasteiger partial charge on any atom is 0.225 e. The van der Waals surface area contributed by atoms with E-state index in [0.717, 1.165) is 70.7 Å². The van der Waals surface area contributed by atoms with Gasteiger partial charge in [-0.15, -0.1) is 0 Å². The van der Waals surface area contributed by atoms with Crippen molar-refractivity contribution < 1.29 is 9.90 Å². The van der Waals surface area contributed by atoms with E-state index in [-0.39, 0.29) is 18.6 Å². The number of aliphatic hydroxyl groups excluding tert-OH is 1. The summed E-state index contributed by atoms with van der Waals surface area (Å²) in [6, 6.07) is 0.276. The third-order valence-corrected chi connectivity index (χ3v) is 5.88. The van der Waals surface area contributed by atoms with E-state index in [1.165, 1.54) is 19.3 Å². The minimum atomic E-state index is 0.227. The summed E-state index contributed by atoms with van der Waals surface area (Å²) < 4.78 is 0. The Bertz CT molecular complexity index is 457. The molecule has 2 rings (SSSR count). The van der Waals surface area contributed by atoms with Crippen molar-refractivity contribution >= 4 is 11.9 Å². The molecule has 0 radical (unpaired) electrons. The Morgan fingerprint density at radius 2 is 1.96 bits per heavy atom. The van der Waals surface area contributed by atoms with Crippen LogP contribution in [0.15, 0.2) is 4.99 Å². The fraction of sp³-hybridized carbons (Fsp3) is 0.905. The molecule has 1 aliphatic heterocycles. The van der Waals surface area contributed by atoms with Crippen molar-refractivity contribution in [2.45, 2.75) is 77.7 Å². The molecule has 1 aliphatic carbocycles. The molecule has 0 aromatic rings. The molecule has 0 spiro atoms. The van der Waals surface area contributed by atoms with Crippen LogP contribution in [0.1, 0.15) is 71.6 Å². The molecule has 1 saturated heterocycles. The lowest BCUT2D eigenvalue weighted by molar-refractivity contribution is -0.135. The minimum absolute atomic E-state index is 0.227. The highest BCUT2D eigenvalue weighted by Crippen LogP contribution is 2.26. The summed E-state index contributed by atoms with van der Waals surface area (Å²) in [5, 5.41) is 16.1. The summed E-state index contributed by atoms with van der Waals surface area (Å²) in [5.41, 5.74) is 0. The van der Waals surface area contributed by atoms with Crippen LogP contribution in [0.4, 0.5) is 0 Å². The van der Waals surface area contributed by atoms with E-state index in [9.17, 15) is 9.90 Å². The van der Waals surface area contributed by atoms with Gasteiger partial charge in [-0.1, -0.05) is 32.6 Å². The van der Waals surface area contributed by atoms with Gasteiger partial charge in [0.1, 0.15) is 0 Å². The predicted octanol–water partition coefficient (Wildman–Crippen LogP) is 2.52. The number of likely N-dealkylation sites (tertiary alicyclic amines) is 1. The molecule has 27 heavy (non-hydrogen) atoms. The van der Waals surface area contributed by atoms with E-state index in [0.29, 0.717) is 11.8 Å². The van der Waals surface area contributed by atoms with Crippen LogP contribution < -0.4 is 10.6 Å². The van der Waals surface area contributed by atoms with Gasteiger partial charge in [-0.3, -0.25) is 9.79 Å². The number of aliphatic hydroxyl groups is 1. The molecule has 2 unspecified atom stereocenters. The summed E-state index contributed by atoms with van der Waals surface area (Å²) in [6.45, 7) is 7.67. The number of amides is 1.